The highest BCUT2D eigenvalue weighted by Gasteiger charge is 2.04. The molecule has 0 spiro atoms. The highest BCUT2D eigenvalue weighted by molar-refractivity contribution is 6.33. The van der Waals surface area contributed by atoms with Gasteiger partial charge in [-0.25, -0.2) is 0 Å². The Morgan fingerprint density at radius 3 is 2.47 bits per heavy atom. The van der Waals surface area contributed by atoms with Crippen molar-refractivity contribution in [2.75, 3.05) is 11.9 Å². The second-order valence-electron chi connectivity index (χ2n) is 4.55. The summed E-state index contributed by atoms with van der Waals surface area (Å²) in [5, 5.41) is 4.24. The van der Waals surface area contributed by atoms with Crippen molar-refractivity contribution in [3.63, 3.8) is 0 Å². The summed E-state index contributed by atoms with van der Waals surface area (Å²) in [5.74, 6) is 0.724. The Hall–Kier alpha value is -0.690. The summed E-state index contributed by atoms with van der Waals surface area (Å²) < 4.78 is 0. The van der Waals surface area contributed by atoms with Crippen LogP contribution >= 0.6 is 11.6 Å². The van der Waals surface area contributed by atoms with Gasteiger partial charge in [-0.1, -0.05) is 31.5 Å². The first-order valence-corrected chi connectivity index (χ1v) is 5.89. The van der Waals surface area contributed by atoms with Gasteiger partial charge in [-0.15, -0.1) is 0 Å². The standard InChI is InChI=1S/C13H20ClN/c1-9(2)5-6-15-13-11(4)7-10(3)8-12(13)14/h7-9,15H,5-6H2,1-4H3. The van der Waals surface area contributed by atoms with E-state index in [0.29, 0.717) is 0 Å². The summed E-state index contributed by atoms with van der Waals surface area (Å²) in [6.07, 6.45) is 1.17. The van der Waals surface area contributed by atoms with Crippen LogP contribution in [0, 0.1) is 19.8 Å². The molecule has 1 N–H and O–H groups in total. The average Bonchev–Trinajstić information content (AvgIpc) is 2.08. The lowest BCUT2D eigenvalue weighted by Crippen LogP contribution is -2.06. The van der Waals surface area contributed by atoms with E-state index in [9.17, 15) is 0 Å². The van der Waals surface area contributed by atoms with Gasteiger partial charge in [0.05, 0.1) is 10.7 Å². The fourth-order valence-corrected chi connectivity index (χ4v) is 2.01. The highest BCUT2D eigenvalue weighted by Crippen LogP contribution is 2.27. The first-order chi connectivity index (χ1) is 7.00. The lowest BCUT2D eigenvalue weighted by molar-refractivity contribution is 0.607. The molecule has 0 fully saturated rings. The fourth-order valence-electron chi connectivity index (χ4n) is 1.63. The number of nitrogens with one attached hydrogen (secondary N) is 1. The summed E-state index contributed by atoms with van der Waals surface area (Å²) in [7, 11) is 0. The molecule has 15 heavy (non-hydrogen) atoms. The number of anilines is 1. The van der Waals surface area contributed by atoms with Crippen LogP contribution in [-0.4, -0.2) is 6.54 Å². The van der Waals surface area contributed by atoms with Gasteiger partial charge in [0.25, 0.3) is 0 Å². The average molecular weight is 226 g/mol. The first kappa shape index (κ1) is 12.4. The molecule has 0 amide bonds. The van der Waals surface area contributed by atoms with Crippen molar-refractivity contribution in [2.24, 2.45) is 5.92 Å². The molecule has 0 saturated carbocycles. The largest absolute Gasteiger partial charge is 0.384 e. The van der Waals surface area contributed by atoms with Gasteiger partial charge >= 0.3 is 0 Å². The van der Waals surface area contributed by atoms with Crippen LogP contribution in [0.25, 0.3) is 0 Å². The van der Waals surface area contributed by atoms with Crippen LogP contribution in [0.1, 0.15) is 31.4 Å². The zero-order chi connectivity index (χ0) is 11.4. The van der Waals surface area contributed by atoms with Crippen molar-refractivity contribution in [1.29, 1.82) is 0 Å². The maximum atomic E-state index is 6.19. The van der Waals surface area contributed by atoms with Crippen molar-refractivity contribution in [3.8, 4) is 0 Å². The van der Waals surface area contributed by atoms with E-state index in [-0.39, 0.29) is 0 Å². The van der Waals surface area contributed by atoms with Gasteiger partial charge in [0.1, 0.15) is 0 Å². The molecule has 0 aromatic heterocycles. The van der Waals surface area contributed by atoms with Crippen LogP contribution < -0.4 is 5.32 Å². The van der Waals surface area contributed by atoms with Gasteiger partial charge in [-0.05, 0) is 43.4 Å². The Kier molecular flexibility index (Phi) is 4.46. The monoisotopic (exact) mass is 225 g/mol. The zero-order valence-corrected chi connectivity index (χ0v) is 10.8. The van der Waals surface area contributed by atoms with Crippen LogP contribution in [-0.2, 0) is 0 Å². The molecule has 0 aliphatic carbocycles. The Labute approximate surface area is 97.8 Å². The molecular formula is C13H20ClN. The number of halogens is 1. The Bertz CT molecular complexity index is 308. The molecule has 0 unspecified atom stereocenters. The van der Waals surface area contributed by atoms with Crippen molar-refractivity contribution in [1.82, 2.24) is 0 Å². The molecule has 0 radical (unpaired) electrons. The number of hydrogen-bond acceptors (Lipinski definition) is 1. The number of rotatable bonds is 4. The molecule has 0 saturated heterocycles. The maximum absolute atomic E-state index is 6.19. The van der Waals surface area contributed by atoms with Crippen molar-refractivity contribution >= 4 is 17.3 Å². The van der Waals surface area contributed by atoms with Crippen molar-refractivity contribution < 1.29 is 0 Å². The fraction of sp³-hybridized carbons (Fsp3) is 0.538. The minimum absolute atomic E-state index is 0.724. The summed E-state index contributed by atoms with van der Waals surface area (Å²) in [6.45, 7) is 9.60. The van der Waals surface area contributed by atoms with Crippen LogP contribution in [0.4, 0.5) is 5.69 Å². The summed E-state index contributed by atoms with van der Waals surface area (Å²) in [6, 6.07) is 4.16. The highest BCUT2D eigenvalue weighted by atomic mass is 35.5. The zero-order valence-electron chi connectivity index (χ0n) is 10.0. The van der Waals surface area contributed by atoms with Crippen molar-refractivity contribution in [3.05, 3.63) is 28.3 Å². The molecule has 1 rings (SSSR count). The van der Waals surface area contributed by atoms with E-state index in [4.69, 9.17) is 11.6 Å². The maximum Gasteiger partial charge on any atom is 0.0642 e. The van der Waals surface area contributed by atoms with Gasteiger partial charge < -0.3 is 5.32 Å². The van der Waals surface area contributed by atoms with Crippen molar-refractivity contribution in [2.45, 2.75) is 34.1 Å². The molecule has 0 heterocycles. The first-order valence-electron chi connectivity index (χ1n) is 5.51. The Morgan fingerprint density at radius 2 is 1.93 bits per heavy atom. The van der Waals surface area contributed by atoms with E-state index in [1.54, 1.807) is 0 Å². The van der Waals surface area contributed by atoms with E-state index >= 15 is 0 Å². The number of hydrogen-bond donors (Lipinski definition) is 1. The minimum Gasteiger partial charge on any atom is -0.384 e. The smallest absolute Gasteiger partial charge is 0.0642 e. The molecule has 0 atom stereocenters. The molecule has 84 valence electrons. The van der Waals surface area contributed by atoms with Gasteiger partial charge in [0.15, 0.2) is 0 Å². The van der Waals surface area contributed by atoms with Gasteiger partial charge in [0.2, 0.25) is 0 Å². The van der Waals surface area contributed by atoms with Crippen LogP contribution in [0.3, 0.4) is 0 Å². The molecule has 1 nitrogen and oxygen atoms in total. The van der Waals surface area contributed by atoms with E-state index < -0.39 is 0 Å². The van der Waals surface area contributed by atoms with E-state index in [1.165, 1.54) is 17.5 Å². The second-order valence-corrected chi connectivity index (χ2v) is 4.96. The van der Waals surface area contributed by atoms with Gasteiger partial charge in [-0.2, -0.15) is 0 Å². The SMILES string of the molecule is Cc1cc(C)c(NCCC(C)C)c(Cl)c1. The topological polar surface area (TPSA) is 12.0 Å². The predicted molar refractivity (Wildman–Crippen MR) is 68.9 cm³/mol. The third-order valence-corrected chi connectivity index (χ3v) is 2.75. The number of benzene rings is 1. The predicted octanol–water partition coefficient (Wildman–Crippen LogP) is 4.41. The van der Waals surface area contributed by atoms with E-state index in [1.807, 2.05) is 6.07 Å². The van der Waals surface area contributed by atoms with Crippen LogP contribution in [0.5, 0.6) is 0 Å². The Morgan fingerprint density at radius 1 is 1.27 bits per heavy atom. The summed E-state index contributed by atoms with van der Waals surface area (Å²) >= 11 is 6.19. The lowest BCUT2D eigenvalue weighted by Gasteiger charge is -2.13. The van der Waals surface area contributed by atoms with Gasteiger partial charge in [-0.3, -0.25) is 0 Å². The third-order valence-electron chi connectivity index (χ3n) is 2.46. The molecular weight excluding hydrogens is 206 g/mol. The molecule has 0 aliphatic heterocycles. The van der Waals surface area contributed by atoms with E-state index in [0.717, 1.165) is 23.2 Å². The Balaban J connectivity index is 2.68. The molecule has 1 aromatic carbocycles. The molecule has 1 aromatic rings. The minimum atomic E-state index is 0.724. The van der Waals surface area contributed by atoms with Gasteiger partial charge in [0, 0.05) is 6.54 Å². The summed E-state index contributed by atoms with van der Waals surface area (Å²) in [5.41, 5.74) is 3.53. The third kappa shape index (κ3) is 3.75. The van der Waals surface area contributed by atoms with E-state index in [2.05, 4.69) is 39.1 Å². The summed E-state index contributed by atoms with van der Waals surface area (Å²) in [4.78, 5) is 0. The van der Waals surface area contributed by atoms with Crippen LogP contribution in [0.15, 0.2) is 12.1 Å². The molecule has 0 aliphatic rings. The normalized spacial score (nSPS) is 10.8. The number of aryl methyl sites for hydroxylation is 2. The second kappa shape index (κ2) is 5.41. The lowest BCUT2D eigenvalue weighted by atomic mass is 10.1. The molecule has 2 heteroatoms. The quantitative estimate of drug-likeness (QED) is 0.800. The molecule has 0 bridgehead atoms. The van der Waals surface area contributed by atoms with Crippen LogP contribution in [0.2, 0.25) is 5.02 Å².